The minimum Gasteiger partial charge on any atom is -0.162 e. The number of hydrogen-bond acceptors (Lipinski definition) is 1. The lowest BCUT2D eigenvalue weighted by Crippen LogP contribution is -2.01. The second-order valence-corrected chi connectivity index (χ2v) is 4.46. The number of thioether (sulfide) groups is 1. The number of benzene rings is 1. The molecule has 1 heterocycles. The second kappa shape index (κ2) is 3.99. The number of fused-ring (bicyclic) bond motifs is 1. The molecule has 0 spiro atoms. The van der Waals surface area contributed by atoms with Crippen molar-refractivity contribution in [1.82, 2.24) is 0 Å². The van der Waals surface area contributed by atoms with Crippen molar-refractivity contribution >= 4 is 11.8 Å². The Kier molecular flexibility index (Phi) is 2.72. The number of rotatable bonds is 0. The van der Waals surface area contributed by atoms with E-state index in [9.17, 15) is 0 Å². The molecule has 1 aliphatic rings. The molecule has 1 aromatic rings. The zero-order valence-electron chi connectivity index (χ0n) is 7.25. The highest BCUT2D eigenvalue weighted by Gasteiger charge is 2.04. The molecule has 0 unspecified atom stereocenters. The van der Waals surface area contributed by atoms with Crippen LogP contribution in [0, 0.1) is 0 Å². The molecule has 1 aliphatic heterocycles. The summed E-state index contributed by atoms with van der Waals surface area (Å²) in [6.45, 7) is 0. The average molecular weight is 178 g/mol. The summed E-state index contributed by atoms with van der Waals surface area (Å²) in [7, 11) is 0. The van der Waals surface area contributed by atoms with Gasteiger partial charge in [-0.15, -0.1) is 0 Å². The van der Waals surface area contributed by atoms with Gasteiger partial charge in [0.05, 0.1) is 0 Å². The molecule has 1 aromatic carbocycles. The summed E-state index contributed by atoms with van der Waals surface area (Å²) < 4.78 is 0. The monoisotopic (exact) mass is 178 g/mol. The van der Waals surface area contributed by atoms with Gasteiger partial charge in [-0.1, -0.05) is 24.3 Å². The Morgan fingerprint density at radius 1 is 0.917 bits per heavy atom. The summed E-state index contributed by atoms with van der Waals surface area (Å²) >= 11 is 2.09. The highest BCUT2D eigenvalue weighted by molar-refractivity contribution is 7.99. The van der Waals surface area contributed by atoms with E-state index in [1.54, 1.807) is 11.1 Å². The van der Waals surface area contributed by atoms with E-state index >= 15 is 0 Å². The van der Waals surface area contributed by atoms with Crippen molar-refractivity contribution in [2.24, 2.45) is 0 Å². The summed E-state index contributed by atoms with van der Waals surface area (Å²) in [5.74, 6) is 2.64. The Hall–Kier alpha value is -0.430. The van der Waals surface area contributed by atoms with Gasteiger partial charge in [0.25, 0.3) is 0 Å². The summed E-state index contributed by atoms with van der Waals surface area (Å²) in [4.78, 5) is 0. The van der Waals surface area contributed by atoms with Crippen LogP contribution in [0.3, 0.4) is 0 Å². The fraction of sp³-hybridized carbons (Fsp3) is 0.455. The Morgan fingerprint density at radius 2 is 1.67 bits per heavy atom. The van der Waals surface area contributed by atoms with Gasteiger partial charge in [-0.3, -0.25) is 0 Å². The van der Waals surface area contributed by atoms with Gasteiger partial charge in [-0.05, 0) is 41.9 Å². The first kappa shape index (κ1) is 8.18. The van der Waals surface area contributed by atoms with Gasteiger partial charge < -0.3 is 0 Å². The van der Waals surface area contributed by atoms with E-state index < -0.39 is 0 Å². The number of aryl methyl sites for hydroxylation is 2. The van der Waals surface area contributed by atoms with Crippen LogP contribution >= 0.6 is 11.8 Å². The third kappa shape index (κ3) is 1.84. The molecule has 64 valence electrons. The van der Waals surface area contributed by atoms with Gasteiger partial charge in [-0.2, -0.15) is 11.8 Å². The molecule has 12 heavy (non-hydrogen) atoms. The molecule has 0 N–H and O–H groups in total. The molecule has 1 heteroatoms. The lowest BCUT2D eigenvalue weighted by molar-refractivity contribution is 0.898. The van der Waals surface area contributed by atoms with E-state index in [0.717, 1.165) is 0 Å². The number of hydrogen-bond donors (Lipinski definition) is 0. The molecule has 0 nitrogen and oxygen atoms in total. The normalized spacial score (nSPS) is 17.7. The van der Waals surface area contributed by atoms with Gasteiger partial charge in [0, 0.05) is 0 Å². The predicted molar refractivity (Wildman–Crippen MR) is 55.8 cm³/mol. The summed E-state index contributed by atoms with van der Waals surface area (Å²) in [5, 5.41) is 0. The molecular formula is C11H14S. The molecule has 2 rings (SSSR count). The Balaban J connectivity index is 2.24. The van der Waals surface area contributed by atoms with Crippen LogP contribution < -0.4 is 0 Å². The minimum atomic E-state index is 1.26. The third-order valence-electron chi connectivity index (χ3n) is 2.37. The first-order valence-electron chi connectivity index (χ1n) is 4.61. The second-order valence-electron chi connectivity index (χ2n) is 3.23. The average Bonchev–Trinajstić information content (AvgIpc) is 2.06. The van der Waals surface area contributed by atoms with E-state index in [-0.39, 0.29) is 0 Å². The Bertz CT molecular complexity index is 228. The first-order valence-corrected chi connectivity index (χ1v) is 5.77. The van der Waals surface area contributed by atoms with Crippen molar-refractivity contribution in [2.45, 2.75) is 19.3 Å². The van der Waals surface area contributed by atoms with Crippen molar-refractivity contribution < 1.29 is 0 Å². The highest BCUT2D eigenvalue weighted by atomic mass is 32.2. The van der Waals surface area contributed by atoms with E-state index in [4.69, 9.17) is 0 Å². The van der Waals surface area contributed by atoms with E-state index in [0.29, 0.717) is 0 Å². The van der Waals surface area contributed by atoms with Crippen LogP contribution in [0.25, 0.3) is 0 Å². The molecule has 0 atom stereocenters. The van der Waals surface area contributed by atoms with Crippen molar-refractivity contribution in [3.05, 3.63) is 35.4 Å². The van der Waals surface area contributed by atoms with Crippen LogP contribution in [0.15, 0.2) is 24.3 Å². The van der Waals surface area contributed by atoms with Gasteiger partial charge in [-0.25, -0.2) is 0 Å². The highest BCUT2D eigenvalue weighted by Crippen LogP contribution is 2.18. The van der Waals surface area contributed by atoms with E-state index in [1.165, 1.54) is 30.8 Å². The fourth-order valence-electron chi connectivity index (χ4n) is 1.69. The maximum atomic E-state index is 2.28. The first-order chi connectivity index (χ1) is 5.97. The van der Waals surface area contributed by atoms with E-state index in [2.05, 4.69) is 36.0 Å². The van der Waals surface area contributed by atoms with E-state index in [1.807, 2.05) is 0 Å². The van der Waals surface area contributed by atoms with Gasteiger partial charge in [0.1, 0.15) is 0 Å². The van der Waals surface area contributed by atoms with Crippen molar-refractivity contribution in [2.75, 3.05) is 11.5 Å². The molecular weight excluding hydrogens is 164 g/mol. The van der Waals surface area contributed by atoms with Gasteiger partial charge in [0.15, 0.2) is 0 Å². The predicted octanol–water partition coefficient (Wildman–Crippen LogP) is 2.91. The molecule has 0 bridgehead atoms. The quantitative estimate of drug-likeness (QED) is 0.588. The maximum Gasteiger partial charge on any atom is -0.00269 e. The molecule has 0 aliphatic carbocycles. The zero-order valence-corrected chi connectivity index (χ0v) is 8.07. The zero-order chi connectivity index (χ0) is 8.23. The third-order valence-corrected chi connectivity index (χ3v) is 3.44. The molecule has 0 saturated heterocycles. The largest absolute Gasteiger partial charge is 0.162 e. The van der Waals surface area contributed by atoms with Gasteiger partial charge in [0.2, 0.25) is 0 Å². The molecule has 0 fully saturated rings. The lowest BCUT2D eigenvalue weighted by atomic mass is 10.0. The van der Waals surface area contributed by atoms with Crippen LogP contribution in [-0.2, 0) is 12.8 Å². The molecule has 0 saturated carbocycles. The van der Waals surface area contributed by atoms with Crippen molar-refractivity contribution in [1.29, 1.82) is 0 Å². The minimum absolute atomic E-state index is 1.26. The Labute approximate surface area is 78.4 Å². The SMILES string of the molecule is c1ccc2c(c1)CCCSCC2. The summed E-state index contributed by atoms with van der Waals surface area (Å²) in [5.41, 5.74) is 3.16. The van der Waals surface area contributed by atoms with Gasteiger partial charge >= 0.3 is 0 Å². The maximum absolute atomic E-state index is 2.28. The standard InChI is InChI=1S/C11H14S/c1-2-5-11-7-9-12-8-3-6-10(11)4-1/h1-2,4-5H,3,6-9H2. The lowest BCUT2D eigenvalue weighted by Gasteiger charge is -2.12. The molecule has 0 radical (unpaired) electrons. The Morgan fingerprint density at radius 3 is 2.50 bits per heavy atom. The van der Waals surface area contributed by atoms with Crippen molar-refractivity contribution in [3.8, 4) is 0 Å². The molecule has 0 aromatic heterocycles. The topological polar surface area (TPSA) is 0 Å². The van der Waals surface area contributed by atoms with Crippen LogP contribution in [-0.4, -0.2) is 11.5 Å². The van der Waals surface area contributed by atoms with Crippen molar-refractivity contribution in [3.63, 3.8) is 0 Å². The smallest absolute Gasteiger partial charge is 0.00269 e. The van der Waals surface area contributed by atoms with Crippen LogP contribution in [0.4, 0.5) is 0 Å². The molecule has 0 amide bonds. The van der Waals surface area contributed by atoms with Crippen LogP contribution in [0.5, 0.6) is 0 Å². The van der Waals surface area contributed by atoms with Crippen LogP contribution in [0.1, 0.15) is 17.5 Å². The fourth-order valence-corrected chi connectivity index (χ4v) is 2.61. The van der Waals surface area contributed by atoms with Crippen LogP contribution in [0.2, 0.25) is 0 Å². The summed E-state index contributed by atoms with van der Waals surface area (Å²) in [6, 6.07) is 8.88. The summed E-state index contributed by atoms with van der Waals surface area (Å²) in [6.07, 6.45) is 3.89.